The van der Waals surface area contributed by atoms with Crippen molar-refractivity contribution < 1.29 is 0 Å². The number of aliphatic imine (C=N–C) groups is 2. The number of hydrogen-bond acceptors (Lipinski definition) is 4. The van der Waals surface area contributed by atoms with Gasteiger partial charge in [-0.15, -0.1) is 23.5 Å². The van der Waals surface area contributed by atoms with E-state index in [1.807, 2.05) is 23.5 Å². The largest absolute Gasteiger partial charge is 0.239 e. The molecule has 2 aromatic rings. The number of hydrogen-bond donors (Lipinski definition) is 0. The van der Waals surface area contributed by atoms with Crippen molar-refractivity contribution in [2.24, 2.45) is 9.98 Å². The van der Waals surface area contributed by atoms with Crippen LogP contribution >= 0.6 is 23.5 Å². The second-order valence-corrected chi connectivity index (χ2v) is 8.65. The Morgan fingerprint density at radius 2 is 1.40 bits per heavy atom. The van der Waals surface area contributed by atoms with Crippen LogP contribution in [0.2, 0.25) is 0 Å². The first-order valence-corrected chi connectivity index (χ1v) is 10.6. The lowest BCUT2D eigenvalue weighted by Crippen LogP contribution is -2.14. The van der Waals surface area contributed by atoms with Crippen LogP contribution < -0.4 is 0 Å². The van der Waals surface area contributed by atoms with E-state index in [9.17, 15) is 0 Å². The molecule has 1 fully saturated rings. The van der Waals surface area contributed by atoms with Gasteiger partial charge in [0.2, 0.25) is 0 Å². The van der Waals surface area contributed by atoms with Gasteiger partial charge in [-0.3, -0.25) is 0 Å². The number of aryl methyl sites for hydroxylation is 2. The predicted octanol–water partition coefficient (Wildman–Crippen LogP) is 6.67. The minimum atomic E-state index is 0.459. The van der Waals surface area contributed by atoms with E-state index in [1.165, 1.54) is 16.7 Å². The Bertz CT molecular complexity index is 802. The molecule has 1 saturated heterocycles. The fourth-order valence-corrected chi connectivity index (χ4v) is 4.89. The zero-order valence-electron chi connectivity index (χ0n) is 15.2. The van der Waals surface area contributed by atoms with E-state index in [2.05, 4.69) is 70.2 Å². The van der Waals surface area contributed by atoms with E-state index in [1.54, 1.807) is 0 Å². The third-order valence-electron chi connectivity index (χ3n) is 4.18. The van der Waals surface area contributed by atoms with Crippen LogP contribution in [-0.4, -0.2) is 21.6 Å². The molecule has 0 radical (unpaired) electrons. The first-order chi connectivity index (χ1) is 12.1. The van der Waals surface area contributed by atoms with Crippen LogP contribution in [0.3, 0.4) is 0 Å². The third-order valence-corrected chi connectivity index (χ3v) is 6.50. The highest BCUT2D eigenvalue weighted by Crippen LogP contribution is 2.33. The molecule has 0 aliphatic carbocycles. The zero-order chi connectivity index (χ0) is 17.8. The van der Waals surface area contributed by atoms with Crippen LogP contribution in [0.15, 0.2) is 52.4 Å². The van der Waals surface area contributed by atoms with Crippen molar-refractivity contribution in [3.63, 3.8) is 0 Å². The molecule has 2 nitrogen and oxygen atoms in total. The van der Waals surface area contributed by atoms with Gasteiger partial charge in [0.25, 0.3) is 0 Å². The molecule has 0 unspecified atom stereocenters. The lowest BCUT2D eigenvalue weighted by molar-refractivity contribution is 0.867. The van der Waals surface area contributed by atoms with Gasteiger partial charge in [-0.2, -0.15) is 0 Å². The van der Waals surface area contributed by atoms with Crippen LogP contribution in [0.5, 0.6) is 0 Å². The Balaban J connectivity index is 2.04. The van der Waals surface area contributed by atoms with E-state index < -0.39 is 0 Å². The number of rotatable bonds is 3. The van der Waals surface area contributed by atoms with Crippen molar-refractivity contribution in [1.82, 2.24) is 0 Å². The number of thioether (sulfide) groups is 2. The minimum absolute atomic E-state index is 0.459. The molecule has 1 aliphatic heterocycles. The van der Waals surface area contributed by atoms with Gasteiger partial charge in [-0.25, -0.2) is 9.98 Å². The summed E-state index contributed by atoms with van der Waals surface area (Å²) in [5, 5.41) is 2.10. The highest BCUT2D eigenvalue weighted by atomic mass is 32.2. The highest BCUT2D eigenvalue weighted by Gasteiger charge is 2.18. The van der Waals surface area contributed by atoms with Crippen LogP contribution in [0.4, 0.5) is 11.4 Å². The molecule has 0 N–H and O–H groups in total. The van der Waals surface area contributed by atoms with Crippen molar-refractivity contribution in [1.29, 1.82) is 0 Å². The summed E-state index contributed by atoms with van der Waals surface area (Å²) in [5.74, 6) is 2.62. The zero-order valence-corrected chi connectivity index (χ0v) is 16.9. The molecule has 1 heterocycles. The van der Waals surface area contributed by atoms with Crippen LogP contribution in [-0.2, 0) is 0 Å². The van der Waals surface area contributed by atoms with E-state index in [0.29, 0.717) is 5.92 Å². The topological polar surface area (TPSA) is 24.7 Å². The molecular formula is C21H24N2S2. The Morgan fingerprint density at radius 3 is 2.04 bits per heavy atom. The van der Waals surface area contributed by atoms with Gasteiger partial charge in [0, 0.05) is 11.5 Å². The molecule has 0 aromatic heterocycles. The summed E-state index contributed by atoms with van der Waals surface area (Å²) in [6.45, 7) is 8.68. The lowest BCUT2D eigenvalue weighted by atomic mass is 10.0. The summed E-state index contributed by atoms with van der Waals surface area (Å²) in [4.78, 5) is 10.0. The molecule has 3 rings (SSSR count). The standard InChI is InChI=1S/C21H24N2S2/c1-14(2)17-10-5-6-11-18(17)22-20-21(25-13-12-24-20)23-19-15(3)8-7-9-16(19)4/h5-11,14H,12-13H2,1-4H3/b22-20-,23-21-. The Labute approximate surface area is 159 Å². The van der Waals surface area contributed by atoms with Crippen molar-refractivity contribution in [2.75, 3.05) is 11.5 Å². The molecule has 25 heavy (non-hydrogen) atoms. The molecule has 4 heteroatoms. The Hall–Kier alpha value is -1.52. The van der Waals surface area contributed by atoms with Crippen LogP contribution in [0.1, 0.15) is 36.5 Å². The third kappa shape index (κ3) is 4.36. The van der Waals surface area contributed by atoms with E-state index in [4.69, 9.17) is 9.98 Å². The average molecular weight is 369 g/mol. The second kappa shape index (κ2) is 8.24. The maximum Gasteiger partial charge on any atom is 0.129 e. The predicted molar refractivity (Wildman–Crippen MR) is 116 cm³/mol. The molecule has 1 aliphatic rings. The number of benzene rings is 2. The minimum Gasteiger partial charge on any atom is -0.239 e. The maximum absolute atomic E-state index is 5.00. The van der Waals surface area contributed by atoms with Crippen molar-refractivity contribution in [2.45, 2.75) is 33.6 Å². The normalized spacial score (nSPS) is 18.3. The summed E-state index contributed by atoms with van der Waals surface area (Å²) < 4.78 is 0. The summed E-state index contributed by atoms with van der Waals surface area (Å²) in [6, 6.07) is 14.8. The van der Waals surface area contributed by atoms with Crippen molar-refractivity contribution in [3.8, 4) is 0 Å². The van der Waals surface area contributed by atoms with Gasteiger partial charge in [-0.05, 0) is 42.5 Å². The molecule has 0 bridgehead atoms. The van der Waals surface area contributed by atoms with Gasteiger partial charge in [0.1, 0.15) is 10.1 Å². The molecule has 0 amide bonds. The van der Waals surface area contributed by atoms with Crippen molar-refractivity contribution >= 4 is 45.0 Å². The first-order valence-electron chi connectivity index (χ1n) is 8.64. The Morgan fingerprint density at radius 1 is 0.800 bits per heavy atom. The van der Waals surface area contributed by atoms with Crippen molar-refractivity contribution in [3.05, 3.63) is 59.2 Å². The smallest absolute Gasteiger partial charge is 0.129 e. The summed E-state index contributed by atoms with van der Waals surface area (Å²) in [6.07, 6.45) is 0. The first kappa shape index (κ1) is 18.3. The van der Waals surface area contributed by atoms with Gasteiger partial charge in [0.05, 0.1) is 11.4 Å². The molecule has 0 spiro atoms. The van der Waals surface area contributed by atoms with E-state index in [0.717, 1.165) is 33.0 Å². The van der Waals surface area contributed by atoms with Crippen LogP contribution in [0, 0.1) is 13.8 Å². The average Bonchev–Trinajstić information content (AvgIpc) is 2.60. The lowest BCUT2D eigenvalue weighted by Gasteiger charge is -2.17. The SMILES string of the molecule is Cc1cccc(C)c1/N=C1\SCCS\C1=N/c1ccccc1C(C)C. The fraction of sp³-hybridized carbons (Fsp3) is 0.333. The molecule has 130 valence electrons. The molecule has 0 saturated carbocycles. The van der Waals surface area contributed by atoms with Gasteiger partial charge >= 0.3 is 0 Å². The molecular weight excluding hydrogens is 344 g/mol. The molecule has 0 atom stereocenters. The quantitative estimate of drug-likeness (QED) is 0.604. The van der Waals surface area contributed by atoms with Gasteiger partial charge in [0.15, 0.2) is 0 Å². The maximum atomic E-state index is 5.00. The second-order valence-electron chi connectivity index (χ2n) is 6.48. The van der Waals surface area contributed by atoms with E-state index in [-0.39, 0.29) is 0 Å². The summed E-state index contributed by atoms with van der Waals surface area (Å²) in [7, 11) is 0. The summed E-state index contributed by atoms with van der Waals surface area (Å²) >= 11 is 3.63. The van der Waals surface area contributed by atoms with Crippen LogP contribution in [0.25, 0.3) is 0 Å². The number of para-hydroxylation sites is 2. The summed E-state index contributed by atoms with van der Waals surface area (Å²) in [5.41, 5.74) is 5.86. The number of nitrogens with zero attached hydrogens (tertiary/aromatic N) is 2. The molecule has 2 aromatic carbocycles. The monoisotopic (exact) mass is 368 g/mol. The van der Waals surface area contributed by atoms with Gasteiger partial charge < -0.3 is 0 Å². The Kier molecular flexibility index (Phi) is 6.02. The van der Waals surface area contributed by atoms with Gasteiger partial charge in [-0.1, -0.05) is 50.2 Å². The van der Waals surface area contributed by atoms with E-state index >= 15 is 0 Å². The fourth-order valence-electron chi connectivity index (χ4n) is 2.83. The highest BCUT2D eigenvalue weighted by molar-refractivity contribution is 8.27.